The van der Waals surface area contributed by atoms with E-state index in [0.717, 1.165) is 0 Å². The molecule has 0 fully saturated rings. The molecule has 1 heterocycles. The molecule has 106 valence electrons. The monoisotopic (exact) mass is 284 g/mol. The second kappa shape index (κ2) is 7.32. The Balaban J connectivity index is 1.90. The number of hydrazone groups is 1. The van der Waals surface area contributed by atoms with Crippen LogP contribution in [0, 0.1) is 0 Å². The van der Waals surface area contributed by atoms with Gasteiger partial charge in [-0.3, -0.25) is 4.79 Å². The zero-order valence-corrected chi connectivity index (χ0v) is 11.3. The molecule has 0 aliphatic heterocycles. The molecule has 0 bridgehead atoms. The Morgan fingerprint density at radius 2 is 2.00 bits per heavy atom. The number of amides is 1. The Morgan fingerprint density at radius 1 is 1.24 bits per heavy atom. The van der Waals surface area contributed by atoms with Crippen LogP contribution in [0.5, 0.6) is 0 Å². The van der Waals surface area contributed by atoms with Gasteiger partial charge in [-0.25, -0.2) is 5.43 Å². The summed E-state index contributed by atoms with van der Waals surface area (Å²) in [5.74, 6) is -0.249. The first-order valence-corrected chi connectivity index (χ1v) is 6.37. The fraction of sp³-hybridized carbons (Fsp3) is 0.0714. The summed E-state index contributed by atoms with van der Waals surface area (Å²) in [5, 5.41) is 22.0. The van der Waals surface area contributed by atoms with Crippen molar-refractivity contribution in [2.24, 2.45) is 5.10 Å². The van der Waals surface area contributed by atoms with Gasteiger partial charge in [-0.15, -0.1) is 0 Å². The number of hydrogen-bond acceptors (Lipinski definition) is 4. The molecule has 0 atom stereocenters. The van der Waals surface area contributed by atoms with Crippen LogP contribution in [-0.2, 0) is 11.3 Å². The minimum absolute atomic E-state index is 0.174. The third-order valence-electron chi connectivity index (χ3n) is 2.72. The molecule has 6 nitrogen and oxygen atoms in total. The second-order valence-corrected chi connectivity index (χ2v) is 4.38. The van der Waals surface area contributed by atoms with Gasteiger partial charge in [0.05, 0.1) is 6.21 Å². The number of aromatic nitrogens is 1. The highest BCUT2D eigenvalue weighted by atomic mass is 16.4. The molecule has 2 rings (SSSR count). The van der Waals surface area contributed by atoms with Gasteiger partial charge >= 0.3 is 13.0 Å². The molecule has 3 N–H and O–H groups in total. The molecule has 0 aliphatic rings. The summed E-state index contributed by atoms with van der Waals surface area (Å²) in [6.07, 6.45) is 5.02. The molecule has 0 saturated carbocycles. The average Bonchev–Trinajstić information content (AvgIpc) is 2.48. The van der Waals surface area contributed by atoms with Crippen molar-refractivity contribution in [3.8, 4) is 0 Å². The molecular weight excluding hydrogens is 269 g/mol. The second-order valence-electron chi connectivity index (χ2n) is 4.38. The molecule has 0 aliphatic carbocycles. The van der Waals surface area contributed by atoms with E-state index in [4.69, 9.17) is 10.0 Å². The van der Waals surface area contributed by atoms with E-state index in [1.807, 2.05) is 18.2 Å². The van der Waals surface area contributed by atoms with Crippen LogP contribution in [0.4, 0.5) is 0 Å². The van der Waals surface area contributed by atoms with Gasteiger partial charge in [-0.1, -0.05) is 30.3 Å². The number of benzene rings is 1. The Kier molecular flexibility index (Phi) is 5.19. The molecule has 21 heavy (non-hydrogen) atoms. The van der Waals surface area contributed by atoms with E-state index in [9.17, 15) is 4.79 Å². The predicted molar refractivity (Wildman–Crippen MR) is 78.6 cm³/mol. The lowest BCUT2D eigenvalue weighted by atomic mass is 9.80. The van der Waals surface area contributed by atoms with E-state index >= 15 is 0 Å². The van der Waals surface area contributed by atoms with Gasteiger partial charge in [0.2, 0.25) is 6.54 Å². The van der Waals surface area contributed by atoms with E-state index in [2.05, 4.69) is 10.5 Å². The van der Waals surface area contributed by atoms with Gasteiger partial charge in [0, 0.05) is 12.1 Å². The van der Waals surface area contributed by atoms with Gasteiger partial charge in [-0.2, -0.15) is 9.67 Å². The molecule has 1 aromatic carbocycles. The van der Waals surface area contributed by atoms with Gasteiger partial charge in [0.25, 0.3) is 0 Å². The van der Waals surface area contributed by atoms with Gasteiger partial charge < -0.3 is 10.0 Å². The zero-order chi connectivity index (χ0) is 15.1. The number of hydrogen-bond donors (Lipinski definition) is 3. The maximum atomic E-state index is 11.7. The first-order chi connectivity index (χ1) is 10.1. The van der Waals surface area contributed by atoms with Gasteiger partial charge in [0.15, 0.2) is 12.4 Å². The molecular formula is C14H15BN3O3+. The quantitative estimate of drug-likeness (QED) is 0.279. The first kappa shape index (κ1) is 14.9. The van der Waals surface area contributed by atoms with Crippen LogP contribution in [0.15, 0.2) is 60.0 Å². The summed E-state index contributed by atoms with van der Waals surface area (Å²) in [5.41, 5.74) is 3.44. The number of rotatable bonds is 5. The Morgan fingerprint density at radius 3 is 2.71 bits per heavy atom. The number of pyridine rings is 1. The molecule has 1 amide bonds. The minimum Gasteiger partial charge on any atom is -0.423 e. The molecule has 1 aromatic heterocycles. The number of nitrogens with zero attached hydrogens (tertiary/aromatic N) is 2. The number of carbonyl (C=O) groups excluding carboxylic acids is 1. The topological polar surface area (TPSA) is 85.8 Å². The van der Waals surface area contributed by atoms with E-state index in [1.54, 1.807) is 41.2 Å². The molecule has 2 aromatic rings. The van der Waals surface area contributed by atoms with E-state index in [0.29, 0.717) is 11.0 Å². The summed E-state index contributed by atoms with van der Waals surface area (Å²) >= 11 is 0. The van der Waals surface area contributed by atoms with Crippen LogP contribution >= 0.6 is 0 Å². The highest BCUT2D eigenvalue weighted by Gasteiger charge is 2.10. The van der Waals surface area contributed by atoms with Crippen LogP contribution in [-0.4, -0.2) is 29.3 Å². The maximum Gasteiger partial charge on any atom is 0.488 e. The highest BCUT2D eigenvalue weighted by Crippen LogP contribution is 1.93. The summed E-state index contributed by atoms with van der Waals surface area (Å²) in [7, 11) is -1.53. The van der Waals surface area contributed by atoms with Crippen molar-refractivity contribution in [1.82, 2.24) is 5.43 Å². The maximum absolute atomic E-state index is 11.7. The first-order valence-electron chi connectivity index (χ1n) is 6.37. The summed E-state index contributed by atoms with van der Waals surface area (Å²) in [4.78, 5) is 11.7. The Bertz CT molecular complexity index is 632. The van der Waals surface area contributed by atoms with Crippen molar-refractivity contribution in [3.63, 3.8) is 0 Å². The van der Waals surface area contributed by atoms with Crippen molar-refractivity contribution in [1.29, 1.82) is 0 Å². The van der Waals surface area contributed by atoms with Crippen molar-refractivity contribution < 1.29 is 19.4 Å². The van der Waals surface area contributed by atoms with Crippen LogP contribution in [0.3, 0.4) is 0 Å². The zero-order valence-electron chi connectivity index (χ0n) is 11.3. The van der Waals surface area contributed by atoms with Crippen LogP contribution in [0.1, 0.15) is 5.56 Å². The standard InChI is InChI=1S/C14H14BN3O3/c19-14(11-18-7-2-1-3-8-18)17-16-10-12-5-4-6-13(9-12)15(20)21/h1-10,20-21H,11H2/p+1/b16-10-. The third-order valence-corrected chi connectivity index (χ3v) is 2.72. The molecule has 0 spiro atoms. The van der Waals surface area contributed by atoms with Crippen molar-refractivity contribution in [2.75, 3.05) is 0 Å². The normalized spacial score (nSPS) is 10.6. The highest BCUT2D eigenvalue weighted by molar-refractivity contribution is 6.58. The average molecular weight is 284 g/mol. The van der Waals surface area contributed by atoms with Crippen molar-refractivity contribution >= 4 is 24.7 Å². The van der Waals surface area contributed by atoms with E-state index in [1.165, 1.54) is 6.21 Å². The van der Waals surface area contributed by atoms with Crippen LogP contribution in [0.2, 0.25) is 0 Å². The van der Waals surface area contributed by atoms with E-state index < -0.39 is 7.12 Å². The molecule has 0 unspecified atom stereocenters. The predicted octanol–water partition coefficient (Wildman–Crippen LogP) is -1.20. The van der Waals surface area contributed by atoms with Crippen molar-refractivity contribution in [2.45, 2.75) is 6.54 Å². The van der Waals surface area contributed by atoms with Gasteiger partial charge in [0.1, 0.15) is 0 Å². The molecule has 7 heteroatoms. The minimum atomic E-state index is -1.53. The Labute approximate surface area is 122 Å². The van der Waals surface area contributed by atoms with Crippen LogP contribution < -0.4 is 15.5 Å². The van der Waals surface area contributed by atoms with E-state index in [-0.39, 0.29) is 12.5 Å². The number of carbonyl (C=O) groups is 1. The fourth-order valence-electron chi connectivity index (χ4n) is 1.72. The SMILES string of the molecule is O=C(C[n+]1ccccc1)N/N=C\c1cccc(B(O)O)c1. The summed E-state index contributed by atoms with van der Waals surface area (Å²) < 4.78 is 1.73. The lowest BCUT2D eigenvalue weighted by molar-refractivity contribution is -0.684. The third kappa shape index (κ3) is 4.83. The summed E-state index contributed by atoms with van der Waals surface area (Å²) in [6, 6.07) is 12.1. The van der Waals surface area contributed by atoms with Crippen LogP contribution in [0.25, 0.3) is 0 Å². The largest absolute Gasteiger partial charge is 0.488 e. The Hall–Kier alpha value is -2.51. The fourth-order valence-corrected chi connectivity index (χ4v) is 1.72. The lowest BCUT2D eigenvalue weighted by Gasteiger charge is -2.00. The molecule has 0 saturated heterocycles. The van der Waals surface area contributed by atoms with Gasteiger partial charge in [-0.05, 0) is 11.0 Å². The lowest BCUT2D eigenvalue weighted by Crippen LogP contribution is -2.40. The molecule has 0 radical (unpaired) electrons. The summed E-state index contributed by atoms with van der Waals surface area (Å²) in [6.45, 7) is 0.174. The number of nitrogens with one attached hydrogen (secondary N) is 1. The van der Waals surface area contributed by atoms with Crippen molar-refractivity contribution in [3.05, 3.63) is 60.4 Å². The smallest absolute Gasteiger partial charge is 0.423 e.